The van der Waals surface area contributed by atoms with Crippen molar-refractivity contribution in [2.24, 2.45) is 0 Å². The average Bonchev–Trinajstić information content (AvgIpc) is 2.52. The topological polar surface area (TPSA) is 52.6 Å². The molecule has 4 heteroatoms. The summed E-state index contributed by atoms with van der Waals surface area (Å²) in [7, 11) is 1.28. The largest absolute Gasteiger partial charge is 0.485 e. The summed E-state index contributed by atoms with van der Waals surface area (Å²) >= 11 is 0. The van der Waals surface area contributed by atoms with Crippen molar-refractivity contribution in [3.63, 3.8) is 0 Å². The quantitative estimate of drug-likeness (QED) is 0.619. The SMILES string of the molecule is COC(=O)c1ccccc1C(=O)COc1ccccc1. The fraction of sp³-hybridized carbons (Fsp3) is 0.125. The van der Waals surface area contributed by atoms with E-state index >= 15 is 0 Å². The van der Waals surface area contributed by atoms with Gasteiger partial charge in [-0.3, -0.25) is 4.79 Å². The number of rotatable bonds is 5. The molecule has 0 radical (unpaired) electrons. The Balaban J connectivity index is 2.12. The van der Waals surface area contributed by atoms with Crippen molar-refractivity contribution in [2.75, 3.05) is 13.7 Å². The van der Waals surface area contributed by atoms with Crippen LogP contribution in [0.3, 0.4) is 0 Å². The van der Waals surface area contributed by atoms with Crippen LogP contribution in [0.1, 0.15) is 20.7 Å². The lowest BCUT2D eigenvalue weighted by Gasteiger charge is -2.08. The standard InChI is InChI=1S/C16H14O4/c1-19-16(18)14-10-6-5-9-13(14)15(17)11-20-12-7-3-2-4-8-12/h2-10H,11H2,1H3. The maximum atomic E-state index is 12.1. The summed E-state index contributed by atoms with van der Waals surface area (Å²) < 4.78 is 10.0. The van der Waals surface area contributed by atoms with Crippen LogP contribution in [0, 0.1) is 0 Å². The number of ether oxygens (including phenoxy) is 2. The molecule has 0 aliphatic carbocycles. The van der Waals surface area contributed by atoms with E-state index in [-0.39, 0.29) is 18.0 Å². The lowest BCUT2D eigenvalue weighted by Crippen LogP contribution is -2.16. The van der Waals surface area contributed by atoms with Gasteiger partial charge in [-0.15, -0.1) is 0 Å². The summed E-state index contributed by atoms with van der Waals surface area (Å²) in [6.07, 6.45) is 0. The van der Waals surface area contributed by atoms with Crippen LogP contribution in [0.15, 0.2) is 54.6 Å². The summed E-state index contributed by atoms with van der Waals surface area (Å²) in [5, 5.41) is 0. The first-order valence-electron chi connectivity index (χ1n) is 6.11. The third kappa shape index (κ3) is 3.23. The Bertz CT molecular complexity index is 605. The van der Waals surface area contributed by atoms with Gasteiger partial charge in [0.1, 0.15) is 5.75 Å². The lowest BCUT2D eigenvalue weighted by molar-refractivity contribution is 0.0596. The molecule has 0 saturated heterocycles. The first-order valence-corrected chi connectivity index (χ1v) is 6.11. The first kappa shape index (κ1) is 13.8. The molecule has 4 nitrogen and oxygen atoms in total. The number of hydrogen-bond donors (Lipinski definition) is 0. The second-order valence-corrected chi connectivity index (χ2v) is 4.06. The molecule has 0 aliphatic rings. The van der Waals surface area contributed by atoms with Crippen LogP contribution >= 0.6 is 0 Å². The summed E-state index contributed by atoms with van der Waals surface area (Å²) in [5.41, 5.74) is 0.548. The molecule has 0 saturated carbocycles. The zero-order valence-electron chi connectivity index (χ0n) is 11.0. The molecule has 102 valence electrons. The highest BCUT2D eigenvalue weighted by Gasteiger charge is 2.17. The van der Waals surface area contributed by atoms with E-state index in [0.29, 0.717) is 11.3 Å². The number of carbonyl (C=O) groups is 2. The molecule has 0 heterocycles. The second-order valence-electron chi connectivity index (χ2n) is 4.06. The van der Waals surface area contributed by atoms with E-state index in [1.165, 1.54) is 7.11 Å². The molecule has 20 heavy (non-hydrogen) atoms. The number of para-hydroxylation sites is 1. The zero-order chi connectivity index (χ0) is 14.4. The van der Waals surface area contributed by atoms with Gasteiger partial charge < -0.3 is 9.47 Å². The number of Topliss-reactive ketones (excluding diaryl/α,β-unsaturated/α-hetero) is 1. The van der Waals surface area contributed by atoms with Crippen LogP contribution in [-0.4, -0.2) is 25.5 Å². The molecule has 0 aromatic heterocycles. The fourth-order valence-corrected chi connectivity index (χ4v) is 1.76. The van der Waals surface area contributed by atoms with Crippen molar-refractivity contribution < 1.29 is 19.1 Å². The summed E-state index contributed by atoms with van der Waals surface area (Å²) in [4.78, 5) is 23.7. The van der Waals surface area contributed by atoms with Crippen molar-refractivity contribution in [3.8, 4) is 5.75 Å². The van der Waals surface area contributed by atoms with Gasteiger partial charge in [-0.1, -0.05) is 36.4 Å². The van der Waals surface area contributed by atoms with Crippen molar-refractivity contribution in [1.82, 2.24) is 0 Å². The van der Waals surface area contributed by atoms with Crippen molar-refractivity contribution in [3.05, 3.63) is 65.7 Å². The maximum absolute atomic E-state index is 12.1. The first-order chi connectivity index (χ1) is 9.72. The van der Waals surface area contributed by atoms with Crippen LogP contribution in [-0.2, 0) is 4.74 Å². The molecule has 0 unspecified atom stereocenters. The molecule has 0 aliphatic heterocycles. The number of carbonyl (C=O) groups excluding carboxylic acids is 2. The Morgan fingerprint density at radius 1 is 0.900 bits per heavy atom. The van der Waals surface area contributed by atoms with Crippen LogP contribution in [0.25, 0.3) is 0 Å². The van der Waals surface area contributed by atoms with Crippen molar-refractivity contribution in [2.45, 2.75) is 0 Å². The third-order valence-corrected chi connectivity index (χ3v) is 2.75. The van der Waals surface area contributed by atoms with E-state index in [0.717, 1.165) is 0 Å². The molecule has 2 aromatic carbocycles. The molecule has 0 bridgehead atoms. The average molecular weight is 270 g/mol. The van der Waals surface area contributed by atoms with Crippen LogP contribution in [0.2, 0.25) is 0 Å². The predicted octanol–water partition coefficient (Wildman–Crippen LogP) is 2.73. The van der Waals surface area contributed by atoms with Gasteiger partial charge in [-0.25, -0.2) is 4.79 Å². The predicted molar refractivity (Wildman–Crippen MR) is 74.0 cm³/mol. The normalized spacial score (nSPS) is 9.85. The zero-order valence-corrected chi connectivity index (χ0v) is 11.0. The van der Waals surface area contributed by atoms with Gasteiger partial charge in [0.2, 0.25) is 5.78 Å². The third-order valence-electron chi connectivity index (χ3n) is 2.75. The molecule has 0 atom stereocenters. The molecule has 2 rings (SSSR count). The Morgan fingerprint density at radius 3 is 2.15 bits per heavy atom. The minimum Gasteiger partial charge on any atom is -0.485 e. The molecule has 2 aromatic rings. The fourth-order valence-electron chi connectivity index (χ4n) is 1.76. The summed E-state index contributed by atoms with van der Waals surface area (Å²) in [5.74, 6) is -0.195. The van der Waals surface area contributed by atoms with E-state index in [9.17, 15) is 9.59 Å². The second kappa shape index (κ2) is 6.52. The maximum Gasteiger partial charge on any atom is 0.338 e. The highest BCUT2D eigenvalue weighted by Crippen LogP contribution is 2.13. The Hall–Kier alpha value is -2.62. The Labute approximate surface area is 116 Å². The summed E-state index contributed by atoms with van der Waals surface area (Å²) in [6, 6.07) is 15.6. The van der Waals surface area contributed by atoms with Gasteiger partial charge in [0.05, 0.1) is 12.7 Å². The van der Waals surface area contributed by atoms with E-state index < -0.39 is 5.97 Å². The van der Waals surface area contributed by atoms with Crippen molar-refractivity contribution in [1.29, 1.82) is 0 Å². The van der Waals surface area contributed by atoms with Crippen LogP contribution in [0.4, 0.5) is 0 Å². The lowest BCUT2D eigenvalue weighted by atomic mass is 10.0. The van der Waals surface area contributed by atoms with E-state index in [2.05, 4.69) is 4.74 Å². The Kier molecular flexibility index (Phi) is 4.50. The van der Waals surface area contributed by atoms with Gasteiger partial charge >= 0.3 is 5.97 Å². The van der Waals surface area contributed by atoms with E-state index in [4.69, 9.17) is 4.74 Å². The van der Waals surface area contributed by atoms with Gasteiger partial charge in [0, 0.05) is 5.56 Å². The number of hydrogen-bond acceptors (Lipinski definition) is 4. The van der Waals surface area contributed by atoms with Gasteiger partial charge in [-0.2, -0.15) is 0 Å². The van der Waals surface area contributed by atoms with Crippen LogP contribution < -0.4 is 4.74 Å². The van der Waals surface area contributed by atoms with Crippen LogP contribution in [0.5, 0.6) is 5.75 Å². The molecule has 0 spiro atoms. The minimum absolute atomic E-state index is 0.127. The smallest absolute Gasteiger partial charge is 0.338 e. The molecular weight excluding hydrogens is 256 g/mol. The summed E-state index contributed by atoms with van der Waals surface area (Å²) in [6.45, 7) is -0.127. The molecule has 0 fully saturated rings. The monoisotopic (exact) mass is 270 g/mol. The minimum atomic E-state index is -0.534. The number of benzene rings is 2. The van der Waals surface area contributed by atoms with Gasteiger partial charge in [-0.05, 0) is 18.2 Å². The highest BCUT2D eigenvalue weighted by atomic mass is 16.5. The van der Waals surface area contributed by atoms with E-state index in [1.54, 1.807) is 36.4 Å². The van der Waals surface area contributed by atoms with Gasteiger partial charge in [0.25, 0.3) is 0 Å². The number of methoxy groups -OCH3 is 1. The molecule has 0 N–H and O–H groups in total. The number of ketones is 1. The highest BCUT2D eigenvalue weighted by molar-refractivity contribution is 6.06. The number of esters is 1. The Morgan fingerprint density at radius 2 is 1.50 bits per heavy atom. The molecular formula is C16H14O4. The molecule has 0 amide bonds. The van der Waals surface area contributed by atoms with Crippen molar-refractivity contribution >= 4 is 11.8 Å². The van der Waals surface area contributed by atoms with Gasteiger partial charge in [0.15, 0.2) is 6.61 Å². The van der Waals surface area contributed by atoms with E-state index in [1.807, 2.05) is 18.2 Å².